The molecule has 0 radical (unpaired) electrons. The molecule has 1 saturated heterocycles. The van der Waals surface area contributed by atoms with E-state index in [1.54, 1.807) is 12.4 Å². The Kier molecular flexibility index (Phi) is 13.1. The van der Waals surface area contributed by atoms with Crippen molar-refractivity contribution in [2.75, 3.05) is 64.8 Å². The van der Waals surface area contributed by atoms with Crippen LogP contribution in [-0.4, -0.2) is 85.6 Å². The number of piperazine rings is 1. The van der Waals surface area contributed by atoms with Gasteiger partial charge in [0.05, 0.1) is 0 Å². The average molecular weight is 503 g/mol. The van der Waals surface area contributed by atoms with Crippen LogP contribution in [0.15, 0.2) is 23.5 Å². The minimum atomic E-state index is 0. The van der Waals surface area contributed by atoms with Gasteiger partial charge < -0.3 is 20.0 Å². The van der Waals surface area contributed by atoms with Crippen molar-refractivity contribution >= 4 is 35.9 Å². The second-order valence-electron chi connectivity index (χ2n) is 7.33. The van der Waals surface area contributed by atoms with Crippen LogP contribution >= 0.6 is 24.0 Å². The Hall–Kier alpha value is -1.16. The van der Waals surface area contributed by atoms with Crippen LogP contribution in [0, 0.1) is 0 Å². The third kappa shape index (κ3) is 9.36. The summed E-state index contributed by atoms with van der Waals surface area (Å²) in [4.78, 5) is 20.4. The van der Waals surface area contributed by atoms with Crippen molar-refractivity contribution in [2.24, 2.45) is 4.99 Å². The Morgan fingerprint density at radius 1 is 1.04 bits per heavy atom. The molecule has 0 amide bonds. The maximum atomic E-state index is 4.85. The van der Waals surface area contributed by atoms with E-state index in [-0.39, 0.29) is 24.0 Å². The summed E-state index contributed by atoms with van der Waals surface area (Å²) < 4.78 is 0. The molecule has 0 saturated carbocycles. The summed E-state index contributed by atoms with van der Waals surface area (Å²) in [7, 11) is 4.29. The van der Waals surface area contributed by atoms with E-state index in [4.69, 9.17) is 4.99 Å². The Morgan fingerprint density at radius 2 is 1.68 bits per heavy atom. The smallest absolute Gasteiger partial charge is 0.225 e. The van der Waals surface area contributed by atoms with Gasteiger partial charge in [-0.15, -0.1) is 24.0 Å². The Balaban J connectivity index is 0.00000392. The maximum absolute atomic E-state index is 4.85. The molecule has 0 aromatic carbocycles. The lowest BCUT2D eigenvalue weighted by atomic mass is 10.1. The fraction of sp³-hybridized carbons (Fsp3) is 0.750. The van der Waals surface area contributed by atoms with Gasteiger partial charge in [-0.2, -0.15) is 0 Å². The Bertz CT molecular complexity index is 531. The van der Waals surface area contributed by atoms with Gasteiger partial charge in [0.1, 0.15) is 0 Å². The summed E-state index contributed by atoms with van der Waals surface area (Å²) in [6, 6.07) is 1.86. The van der Waals surface area contributed by atoms with Crippen LogP contribution in [0.25, 0.3) is 0 Å². The highest BCUT2D eigenvalue weighted by atomic mass is 127. The molecule has 1 N–H and O–H groups in total. The van der Waals surface area contributed by atoms with E-state index in [0.29, 0.717) is 0 Å². The third-order valence-corrected chi connectivity index (χ3v) is 4.77. The number of hydrogen-bond donors (Lipinski definition) is 1. The molecule has 28 heavy (non-hydrogen) atoms. The molecule has 0 spiro atoms. The number of nitrogens with one attached hydrogen (secondary N) is 1. The van der Waals surface area contributed by atoms with Gasteiger partial charge in [-0.25, -0.2) is 9.97 Å². The molecular weight excluding hydrogens is 465 g/mol. The number of rotatable bonds is 10. The van der Waals surface area contributed by atoms with E-state index < -0.39 is 0 Å². The Morgan fingerprint density at radius 3 is 2.32 bits per heavy atom. The minimum Gasteiger partial charge on any atom is -0.357 e. The van der Waals surface area contributed by atoms with Crippen LogP contribution in [0.2, 0.25) is 0 Å². The van der Waals surface area contributed by atoms with Crippen LogP contribution < -0.4 is 10.2 Å². The van der Waals surface area contributed by atoms with Crippen molar-refractivity contribution in [3.63, 3.8) is 0 Å². The van der Waals surface area contributed by atoms with Crippen molar-refractivity contribution in [3.05, 3.63) is 18.5 Å². The first-order valence-corrected chi connectivity index (χ1v) is 10.4. The molecule has 1 aromatic heterocycles. The van der Waals surface area contributed by atoms with Gasteiger partial charge in [0.25, 0.3) is 0 Å². The van der Waals surface area contributed by atoms with Gasteiger partial charge in [-0.05, 0) is 46.5 Å². The molecule has 0 bridgehead atoms. The second kappa shape index (κ2) is 14.8. The van der Waals surface area contributed by atoms with Gasteiger partial charge in [-0.1, -0.05) is 19.3 Å². The summed E-state index contributed by atoms with van der Waals surface area (Å²) in [5.41, 5.74) is 0. The van der Waals surface area contributed by atoms with Crippen molar-refractivity contribution in [1.82, 2.24) is 25.1 Å². The van der Waals surface area contributed by atoms with Crippen LogP contribution in [0.5, 0.6) is 0 Å². The first-order valence-electron chi connectivity index (χ1n) is 10.4. The summed E-state index contributed by atoms with van der Waals surface area (Å²) >= 11 is 0. The molecule has 1 aromatic rings. The summed E-state index contributed by atoms with van der Waals surface area (Å²) in [5, 5.41) is 3.45. The summed E-state index contributed by atoms with van der Waals surface area (Å²) in [6.07, 6.45) is 10.0. The van der Waals surface area contributed by atoms with Crippen LogP contribution in [0.1, 0.15) is 39.0 Å². The lowest BCUT2D eigenvalue weighted by molar-refractivity contribution is 0.370. The van der Waals surface area contributed by atoms with Gasteiger partial charge in [0.2, 0.25) is 5.95 Å². The normalized spacial score (nSPS) is 14.9. The molecule has 0 aliphatic carbocycles. The van der Waals surface area contributed by atoms with Crippen LogP contribution in [0.3, 0.4) is 0 Å². The number of nitrogens with zero attached hydrogens (tertiary/aromatic N) is 6. The topological polar surface area (TPSA) is 59.9 Å². The first-order chi connectivity index (χ1) is 13.2. The lowest BCUT2D eigenvalue weighted by Crippen LogP contribution is -2.53. The number of aromatic nitrogens is 2. The molecule has 1 aliphatic heterocycles. The highest BCUT2D eigenvalue weighted by molar-refractivity contribution is 14.0. The molecule has 0 atom stereocenters. The van der Waals surface area contributed by atoms with Crippen molar-refractivity contribution in [2.45, 2.75) is 39.0 Å². The quantitative estimate of drug-likeness (QED) is 0.229. The highest BCUT2D eigenvalue weighted by Crippen LogP contribution is 2.10. The van der Waals surface area contributed by atoms with Crippen LogP contribution in [0.4, 0.5) is 5.95 Å². The van der Waals surface area contributed by atoms with Crippen molar-refractivity contribution in [1.29, 1.82) is 0 Å². The molecular formula is C20H38IN7. The predicted molar refractivity (Wildman–Crippen MR) is 129 cm³/mol. The minimum absolute atomic E-state index is 0. The van der Waals surface area contributed by atoms with Gasteiger partial charge in [0, 0.05) is 51.7 Å². The van der Waals surface area contributed by atoms with E-state index in [1.165, 1.54) is 38.6 Å². The molecule has 0 unspecified atom stereocenters. The largest absolute Gasteiger partial charge is 0.357 e. The van der Waals surface area contributed by atoms with E-state index >= 15 is 0 Å². The third-order valence-electron chi connectivity index (χ3n) is 4.77. The highest BCUT2D eigenvalue weighted by Gasteiger charge is 2.20. The zero-order chi connectivity index (χ0) is 19.3. The van der Waals surface area contributed by atoms with Gasteiger partial charge in [-0.3, -0.25) is 4.99 Å². The fourth-order valence-electron chi connectivity index (χ4n) is 3.25. The number of hydrogen-bond acceptors (Lipinski definition) is 5. The molecule has 2 heterocycles. The van der Waals surface area contributed by atoms with E-state index in [2.05, 4.69) is 51.0 Å². The van der Waals surface area contributed by atoms with E-state index in [9.17, 15) is 0 Å². The summed E-state index contributed by atoms with van der Waals surface area (Å²) in [5.74, 6) is 1.88. The summed E-state index contributed by atoms with van der Waals surface area (Å²) in [6.45, 7) is 8.92. The van der Waals surface area contributed by atoms with Crippen molar-refractivity contribution in [3.8, 4) is 0 Å². The lowest BCUT2D eigenvalue weighted by Gasteiger charge is -2.36. The SMILES string of the molecule is CCNC(=NCCCCCCCN(C)C)N1CCN(c2ncccn2)CC1.I. The first kappa shape index (κ1) is 24.9. The number of unbranched alkanes of at least 4 members (excludes halogenated alkanes) is 4. The molecule has 7 nitrogen and oxygen atoms in total. The zero-order valence-corrected chi connectivity index (χ0v) is 20.1. The number of aliphatic imine (C=N–C) groups is 1. The van der Waals surface area contributed by atoms with E-state index in [0.717, 1.165) is 51.2 Å². The number of anilines is 1. The monoisotopic (exact) mass is 503 g/mol. The maximum Gasteiger partial charge on any atom is 0.225 e. The van der Waals surface area contributed by atoms with Crippen LogP contribution in [-0.2, 0) is 0 Å². The molecule has 2 rings (SSSR count). The fourth-order valence-corrected chi connectivity index (χ4v) is 3.25. The van der Waals surface area contributed by atoms with Gasteiger partial charge in [0.15, 0.2) is 5.96 Å². The molecule has 1 fully saturated rings. The van der Waals surface area contributed by atoms with E-state index in [1.807, 2.05) is 6.07 Å². The second-order valence-corrected chi connectivity index (χ2v) is 7.33. The Labute approximate surface area is 188 Å². The van der Waals surface area contributed by atoms with Gasteiger partial charge >= 0.3 is 0 Å². The number of halogens is 1. The molecule has 1 aliphatic rings. The number of guanidine groups is 1. The zero-order valence-electron chi connectivity index (χ0n) is 17.8. The predicted octanol–water partition coefficient (Wildman–Crippen LogP) is 2.69. The van der Waals surface area contributed by atoms with Crippen molar-refractivity contribution < 1.29 is 0 Å². The molecule has 8 heteroatoms. The average Bonchev–Trinajstić information content (AvgIpc) is 2.70. The standard InChI is InChI=1S/C20H37N7.HI/c1-4-21-19(22-11-8-6-5-7-9-14-25(2)3)26-15-17-27(18-16-26)20-23-12-10-13-24-20;/h10,12-13H,4-9,11,14-18H2,1-3H3,(H,21,22);1H. The molecule has 160 valence electrons.